The molecule has 0 saturated carbocycles. The molecular formula is C24H33N3O. The van der Waals surface area contributed by atoms with E-state index in [2.05, 4.69) is 74.0 Å². The Hall–Kier alpha value is -2.59. The molecule has 0 aliphatic rings. The normalized spacial score (nSPS) is 11.2. The predicted molar refractivity (Wildman–Crippen MR) is 122 cm³/mol. The zero-order chi connectivity index (χ0) is 20.5. The molecule has 28 heavy (non-hydrogen) atoms. The second kappa shape index (κ2) is 10.7. The molecule has 0 radical (unpaired) electrons. The van der Waals surface area contributed by atoms with Crippen LogP contribution in [0.4, 0.5) is 11.4 Å². The van der Waals surface area contributed by atoms with E-state index in [0.717, 1.165) is 37.4 Å². The molecule has 4 nitrogen and oxygen atoms in total. The van der Waals surface area contributed by atoms with Crippen LogP contribution in [-0.4, -0.2) is 58.0 Å². The number of benzene rings is 2. The van der Waals surface area contributed by atoms with Crippen LogP contribution in [0.5, 0.6) is 0 Å². The van der Waals surface area contributed by atoms with E-state index in [4.69, 9.17) is 0 Å². The lowest BCUT2D eigenvalue weighted by atomic mass is 10.1. The SMILES string of the molecule is CCN(CC)c1ccc(C(=O)C=Cc2ccc(N(C)CCN(C)C)cc2)cc1. The first-order chi connectivity index (χ1) is 13.4. The maximum absolute atomic E-state index is 12.4. The second-order valence-electron chi connectivity index (χ2n) is 7.23. The molecule has 0 aliphatic heterocycles. The number of ketones is 1. The summed E-state index contributed by atoms with van der Waals surface area (Å²) in [4.78, 5) is 19.1. The molecule has 4 heteroatoms. The van der Waals surface area contributed by atoms with Crippen molar-refractivity contribution in [3.8, 4) is 0 Å². The number of carbonyl (C=O) groups excluding carboxylic acids is 1. The molecule has 0 aromatic heterocycles. The van der Waals surface area contributed by atoms with E-state index in [1.54, 1.807) is 6.08 Å². The molecule has 0 fully saturated rings. The highest BCUT2D eigenvalue weighted by atomic mass is 16.1. The van der Waals surface area contributed by atoms with Crippen molar-refractivity contribution < 1.29 is 4.79 Å². The Morgan fingerprint density at radius 2 is 1.39 bits per heavy atom. The number of hydrogen-bond donors (Lipinski definition) is 0. The first kappa shape index (κ1) is 21.7. The fourth-order valence-corrected chi connectivity index (χ4v) is 3.01. The van der Waals surface area contributed by atoms with Crippen LogP contribution >= 0.6 is 0 Å². The van der Waals surface area contributed by atoms with Gasteiger partial charge in [0.25, 0.3) is 0 Å². The van der Waals surface area contributed by atoms with Crippen LogP contribution in [0.1, 0.15) is 29.8 Å². The van der Waals surface area contributed by atoms with Gasteiger partial charge in [0.15, 0.2) is 5.78 Å². The largest absolute Gasteiger partial charge is 0.373 e. The lowest BCUT2D eigenvalue weighted by Crippen LogP contribution is -2.28. The average Bonchev–Trinajstić information content (AvgIpc) is 2.72. The minimum Gasteiger partial charge on any atom is -0.373 e. The van der Waals surface area contributed by atoms with Crippen LogP contribution < -0.4 is 9.80 Å². The third-order valence-corrected chi connectivity index (χ3v) is 4.92. The molecule has 0 N–H and O–H groups in total. The maximum Gasteiger partial charge on any atom is 0.185 e. The number of hydrogen-bond acceptors (Lipinski definition) is 4. The molecule has 2 rings (SSSR count). The van der Waals surface area contributed by atoms with E-state index >= 15 is 0 Å². The number of allylic oxidation sites excluding steroid dienone is 1. The number of anilines is 2. The van der Waals surface area contributed by atoms with Gasteiger partial charge in [-0.3, -0.25) is 4.79 Å². The Morgan fingerprint density at radius 1 is 0.821 bits per heavy atom. The minimum atomic E-state index is 0.0262. The summed E-state index contributed by atoms with van der Waals surface area (Å²) in [6, 6.07) is 16.1. The van der Waals surface area contributed by atoms with Crippen molar-refractivity contribution in [3.63, 3.8) is 0 Å². The van der Waals surface area contributed by atoms with Crippen molar-refractivity contribution in [3.05, 3.63) is 65.7 Å². The molecule has 0 aliphatic carbocycles. The predicted octanol–water partition coefficient (Wildman–Crippen LogP) is 4.43. The molecule has 0 bridgehead atoms. The maximum atomic E-state index is 12.4. The van der Waals surface area contributed by atoms with Crippen molar-refractivity contribution in [1.29, 1.82) is 0 Å². The van der Waals surface area contributed by atoms with Gasteiger partial charge in [-0.1, -0.05) is 18.2 Å². The summed E-state index contributed by atoms with van der Waals surface area (Å²) in [5, 5.41) is 0. The van der Waals surface area contributed by atoms with E-state index in [1.165, 1.54) is 5.69 Å². The minimum absolute atomic E-state index is 0.0262. The summed E-state index contributed by atoms with van der Waals surface area (Å²) in [5.41, 5.74) is 4.07. The molecule has 150 valence electrons. The van der Waals surface area contributed by atoms with Gasteiger partial charge >= 0.3 is 0 Å². The van der Waals surface area contributed by atoms with Gasteiger partial charge in [0.05, 0.1) is 0 Å². The van der Waals surface area contributed by atoms with E-state index in [-0.39, 0.29) is 5.78 Å². The molecule has 0 spiro atoms. The van der Waals surface area contributed by atoms with Gasteiger partial charge in [0.1, 0.15) is 0 Å². The highest BCUT2D eigenvalue weighted by Gasteiger charge is 2.05. The summed E-state index contributed by atoms with van der Waals surface area (Å²) in [7, 11) is 6.26. The third-order valence-electron chi connectivity index (χ3n) is 4.92. The quantitative estimate of drug-likeness (QED) is 0.451. The molecule has 0 heterocycles. The average molecular weight is 380 g/mol. The molecule has 0 atom stereocenters. The third kappa shape index (κ3) is 6.24. The van der Waals surface area contributed by atoms with Gasteiger partial charge in [-0.15, -0.1) is 0 Å². The second-order valence-corrected chi connectivity index (χ2v) is 7.23. The summed E-state index contributed by atoms with van der Waals surface area (Å²) >= 11 is 0. The van der Waals surface area contributed by atoms with Crippen molar-refractivity contribution in [2.75, 3.05) is 57.1 Å². The van der Waals surface area contributed by atoms with Gasteiger partial charge in [-0.25, -0.2) is 0 Å². The standard InChI is InChI=1S/C24H33N3O/c1-6-27(7-2)23-15-11-21(12-16-23)24(28)17-10-20-8-13-22(14-9-20)26(5)19-18-25(3)4/h8-17H,6-7,18-19H2,1-5H3. The van der Waals surface area contributed by atoms with Crippen LogP contribution in [0.3, 0.4) is 0 Å². The van der Waals surface area contributed by atoms with Gasteiger partial charge < -0.3 is 14.7 Å². The lowest BCUT2D eigenvalue weighted by molar-refractivity contribution is 0.104. The van der Waals surface area contributed by atoms with Crippen molar-refractivity contribution in [2.24, 2.45) is 0 Å². The Morgan fingerprint density at radius 3 is 1.93 bits per heavy atom. The lowest BCUT2D eigenvalue weighted by Gasteiger charge is -2.21. The Kier molecular flexibility index (Phi) is 8.27. The highest BCUT2D eigenvalue weighted by molar-refractivity contribution is 6.07. The van der Waals surface area contributed by atoms with Crippen molar-refractivity contribution in [2.45, 2.75) is 13.8 Å². The van der Waals surface area contributed by atoms with E-state index in [9.17, 15) is 4.79 Å². The fourth-order valence-electron chi connectivity index (χ4n) is 3.01. The topological polar surface area (TPSA) is 26.8 Å². The van der Waals surface area contributed by atoms with E-state index in [0.29, 0.717) is 5.56 Å². The molecule has 2 aromatic carbocycles. The van der Waals surface area contributed by atoms with Crippen molar-refractivity contribution in [1.82, 2.24) is 4.90 Å². The van der Waals surface area contributed by atoms with Crippen LogP contribution in [-0.2, 0) is 0 Å². The summed E-state index contributed by atoms with van der Waals surface area (Å²) in [6.07, 6.45) is 3.53. The number of carbonyl (C=O) groups is 1. The van der Waals surface area contributed by atoms with E-state index < -0.39 is 0 Å². The number of nitrogens with zero attached hydrogens (tertiary/aromatic N) is 3. The monoisotopic (exact) mass is 379 g/mol. The van der Waals surface area contributed by atoms with Gasteiger partial charge in [-0.05, 0) is 76.0 Å². The summed E-state index contributed by atoms with van der Waals surface area (Å²) in [6.45, 7) is 8.19. The van der Waals surface area contributed by atoms with Gasteiger partial charge in [0.2, 0.25) is 0 Å². The van der Waals surface area contributed by atoms with Gasteiger partial charge in [0, 0.05) is 50.2 Å². The number of rotatable bonds is 10. The van der Waals surface area contributed by atoms with Crippen LogP contribution in [0, 0.1) is 0 Å². The Balaban J connectivity index is 1.98. The summed E-state index contributed by atoms with van der Waals surface area (Å²) < 4.78 is 0. The van der Waals surface area contributed by atoms with Crippen LogP contribution in [0.15, 0.2) is 54.6 Å². The van der Waals surface area contributed by atoms with Crippen molar-refractivity contribution >= 4 is 23.2 Å². The van der Waals surface area contributed by atoms with Gasteiger partial charge in [-0.2, -0.15) is 0 Å². The van der Waals surface area contributed by atoms with Crippen LogP contribution in [0.25, 0.3) is 6.08 Å². The smallest absolute Gasteiger partial charge is 0.185 e. The molecule has 0 unspecified atom stereocenters. The molecule has 0 amide bonds. The fraction of sp³-hybridized carbons (Fsp3) is 0.375. The molecular weight excluding hydrogens is 346 g/mol. The highest BCUT2D eigenvalue weighted by Crippen LogP contribution is 2.17. The Bertz CT molecular complexity index is 759. The molecule has 2 aromatic rings. The molecule has 0 saturated heterocycles. The summed E-state index contributed by atoms with van der Waals surface area (Å²) in [5.74, 6) is 0.0262. The first-order valence-electron chi connectivity index (χ1n) is 9.98. The Labute approximate surface area is 170 Å². The zero-order valence-electron chi connectivity index (χ0n) is 17.9. The van der Waals surface area contributed by atoms with Crippen LogP contribution in [0.2, 0.25) is 0 Å². The number of likely N-dealkylation sites (N-methyl/N-ethyl adjacent to an activating group) is 2. The van der Waals surface area contributed by atoms with E-state index in [1.807, 2.05) is 30.3 Å². The zero-order valence-corrected chi connectivity index (χ0v) is 17.9. The first-order valence-corrected chi connectivity index (χ1v) is 9.98.